The van der Waals surface area contributed by atoms with Gasteiger partial charge in [-0.15, -0.1) is 0 Å². The summed E-state index contributed by atoms with van der Waals surface area (Å²) in [6.07, 6.45) is 6.18. The summed E-state index contributed by atoms with van der Waals surface area (Å²) in [6, 6.07) is 15.8. The molecule has 1 aliphatic rings. The average molecular weight is 415 g/mol. The van der Waals surface area contributed by atoms with E-state index in [1.807, 2.05) is 48.5 Å². The maximum atomic E-state index is 6.22. The smallest absolute Gasteiger partial charge is 0.212 e. The third-order valence-corrected chi connectivity index (χ3v) is 5.68. The van der Waals surface area contributed by atoms with Gasteiger partial charge in [0.15, 0.2) is 5.58 Å². The SMILES string of the molecule is COc1ccc(-c2ccnc3cc(-c4ccc(OCCN5CCCC5)cc4)oc23)cn1. The average Bonchev–Trinajstić information content (AvgIpc) is 3.49. The zero-order valence-electron chi connectivity index (χ0n) is 17.6. The number of hydrogen-bond donors (Lipinski definition) is 0. The van der Waals surface area contributed by atoms with E-state index < -0.39 is 0 Å². The molecule has 3 aromatic heterocycles. The molecule has 1 aliphatic heterocycles. The Balaban J connectivity index is 1.34. The summed E-state index contributed by atoms with van der Waals surface area (Å²) in [7, 11) is 1.61. The molecular formula is C25H25N3O3. The fourth-order valence-electron chi connectivity index (χ4n) is 3.98. The predicted octanol–water partition coefficient (Wildman–Crippen LogP) is 5.04. The van der Waals surface area contributed by atoms with Crippen molar-refractivity contribution in [3.63, 3.8) is 0 Å². The van der Waals surface area contributed by atoms with Gasteiger partial charge in [-0.3, -0.25) is 9.88 Å². The number of aromatic nitrogens is 2. The fourth-order valence-corrected chi connectivity index (χ4v) is 3.98. The lowest BCUT2D eigenvalue weighted by Crippen LogP contribution is -2.25. The monoisotopic (exact) mass is 415 g/mol. The molecule has 0 unspecified atom stereocenters. The van der Waals surface area contributed by atoms with Crippen LogP contribution in [0.1, 0.15) is 12.8 Å². The molecule has 6 nitrogen and oxygen atoms in total. The minimum absolute atomic E-state index is 0.580. The van der Waals surface area contributed by atoms with Crippen molar-refractivity contribution in [2.24, 2.45) is 0 Å². The van der Waals surface area contributed by atoms with Crippen LogP contribution in [0.2, 0.25) is 0 Å². The molecule has 0 radical (unpaired) electrons. The number of rotatable bonds is 7. The van der Waals surface area contributed by atoms with E-state index in [9.17, 15) is 0 Å². The Kier molecular flexibility index (Phi) is 5.54. The third-order valence-electron chi connectivity index (χ3n) is 5.68. The number of benzene rings is 1. The Labute approximate surface area is 181 Å². The zero-order valence-corrected chi connectivity index (χ0v) is 17.6. The standard InChI is InChI=1S/C25H25N3O3/c1-29-24-9-6-19(17-27-24)21-10-11-26-22-16-23(31-25(21)22)18-4-7-20(8-5-18)30-15-14-28-12-2-3-13-28/h4-11,16-17H,2-3,12-15H2,1H3. The molecule has 0 atom stereocenters. The van der Waals surface area contributed by atoms with Crippen molar-refractivity contribution in [3.8, 4) is 34.1 Å². The van der Waals surface area contributed by atoms with E-state index in [2.05, 4.69) is 14.9 Å². The lowest BCUT2D eigenvalue weighted by molar-refractivity contribution is 0.238. The molecule has 4 heterocycles. The molecule has 0 spiro atoms. The Hall–Kier alpha value is -3.38. The molecule has 158 valence electrons. The number of furan rings is 1. The highest BCUT2D eigenvalue weighted by Gasteiger charge is 2.14. The number of fused-ring (bicyclic) bond motifs is 1. The van der Waals surface area contributed by atoms with Gasteiger partial charge in [0, 0.05) is 47.8 Å². The van der Waals surface area contributed by atoms with E-state index >= 15 is 0 Å². The largest absolute Gasteiger partial charge is 0.492 e. The minimum Gasteiger partial charge on any atom is -0.492 e. The first-order valence-electron chi connectivity index (χ1n) is 10.6. The second-order valence-corrected chi connectivity index (χ2v) is 7.69. The van der Waals surface area contributed by atoms with E-state index in [0.29, 0.717) is 12.5 Å². The second-order valence-electron chi connectivity index (χ2n) is 7.69. The van der Waals surface area contributed by atoms with Gasteiger partial charge >= 0.3 is 0 Å². The summed E-state index contributed by atoms with van der Waals surface area (Å²) in [5.41, 5.74) is 4.46. The van der Waals surface area contributed by atoms with Crippen LogP contribution < -0.4 is 9.47 Å². The van der Waals surface area contributed by atoms with Gasteiger partial charge in [-0.05, 0) is 62.3 Å². The molecule has 0 amide bonds. The van der Waals surface area contributed by atoms with Crippen molar-refractivity contribution in [2.45, 2.75) is 12.8 Å². The fraction of sp³-hybridized carbons (Fsp3) is 0.280. The highest BCUT2D eigenvalue weighted by molar-refractivity contribution is 5.92. The molecule has 6 heteroatoms. The summed E-state index contributed by atoms with van der Waals surface area (Å²) in [5.74, 6) is 2.24. The van der Waals surface area contributed by atoms with Gasteiger partial charge < -0.3 is 13.9 Å². The van der Waals surface area contributed by atoms with Crippen LogP contribution in [0.15, 0.2) is 65.3 Å². The number of pyridine rings is 2. The van der Waals surface area contributed by atoms with Crippen LogP contribution >= 0.6 is 0 Å². The molecule has 0 N–H and O–H groups in total. The van der Waals surface area contributed by atoms with E-state index in [4.69, 9.17) is 13.9 Å². The normalized spacial score (nSPS) is 14.2. The highest BCUT2D eigenvalue weighted by Crippen LogP contribution is 2.34. The first-order chi connectivity index (χ1) is 15.3. The summed E-state index contributed by atoms with van der Waals surface area (Å²) in [4.78, 5) is 11.2. The van der Waals surface area contributed by atoms with Crippen LogP contribution in [0.4, 0.5) is 0 Å². The Morgan fingerprint density at radius 2 is 1.77 bits per heavy atom. The minimum atomic E-state index is 0.580. The maximum absolute atomic E-state index is 6.22. The number of likely N-dealkylation sites (tertiary alicyclic amines) is 1. The van der Waals surface area contributed by atoms with Crippen molar-refractivity contribution in [1.82, 2.24) is 14.9 Å². The van der Waals surface area contributed by atoms with Gasteiger partial charge in [-0.2, -0.15) is 0 Å². The summed E-state index contributed by atoms with van der Waals surface area (Å²) >= 11 is 0. The Bertz CT molecular complexity index is 1150. The molecule has 0 saturated carbocycles. The molecule has 31 heavy (non-hydrogen) atoms. The molecule has 1 aromatic carbocycles. The van der Waals surface area contributed by atoms with Gasteiger partial charge in [0.1, 0.15) is 23.6 Å². The van der Waals surface area contributed by atoms with Crippen LogP contribution in [0, 0.1) is 0 Å². The van der Waals surface area contributed by atoms with Crippen LogP contribution in [0.5, 0.6) is 11.6 Å². The summed E-state index contributed by atoms with van der Waals surface area (Å²) in [5, 5.41) is 0. The first kappa shape index (κ1) is 19.6. The van der Waals surface area contributed by atoms with Gasteiger partial charge in [0.05, 0.1) is 7.11 Å². The second kappa shape index (κ2) is 8.78. The lowest BCUT2D eigenvalue weighted by Gasteiger charge is -2.14. The third kappa shape index (κ3) is 4.25. The van der Waals surface area contributed by atoms with Gasteiger partial charge in [-0.25, -0.2) is 4.98 Å². The Morgan fingerprint density at radius 3 is 2.52 bits per heavy atom. The lowest BCUT2D eigenvalue weighted by atomic mass is 10.1. The van der Waals surface area contributed by atoms with Crippen molar-refractivity contribution in [3.05, 3.63) is 60.9 Å². The van der Waals surface area contributed by atoms with Crippen LogP contribution in [0.25, 0.3) is 33.6 Å². The molecular weight excluding hydrogens is 390 g/mol. The van der Waals surface area contributed by atoms with Crippen molar-refractivity contribution >= 4 is 11.1 Å². The number of hydrogen-bond acceptors (Lipinski definition) is 6. The van der Waals surface area contributed by atoms with Gasteiger partial charge in [0.25, 0.3) is 0 Å². The zero-order chi connectivity index (χ0) is 21.0. The van der Waals surface area contributed by atoms with Crippen molar-refractivity contribution in [2.75, 3.05) is 33.4 Å². The van der Waals surface area contributed by atoms with Gasteiger partial charge in [-0.1, -0.05) is 0 Å². The number of ether oxygens (including phenoxy) is 2. The quantitative estimate of drug-likeness (QED) is 0.421. The van der Waals surface area contributed by atoms with Crippen LogP contribution in [0.3, 0.4) is 0 Å². The summed E-state index contributed by atoms with van der Waals surface area (Å²) < 4.78 is 17.3. The van der Waals surface area contributed by atoms with Crippen molar-refractivity contribution in [1.29, 1.82) is 0 Å². The van der Waals surface area contributed by atoms with E-state index in [1.165, 1.54) is 25.9 Å². The highest BCUT2D eigenvalue weighted by atomic mass is 16.5. The number of nitrogens with zero attached hydrogens (tertiary/aromatic N) is 3. The number of methoxy groups -OCH3 is 1. The van der Waals surface area contributed by atoms with Crippen LogP contribution in [-0.4, -0.2) is 48.2 Å². The first-order valence-corrected chi connectivity index (χ1v) is 10.6. The molecule has 1 saturated heterocycles. The topological polar surface area (TPSA) is 60.6 Å². The van der Waals surface area contributed by atoms with Gasteiger partial charge in [0.2, 0.25) is 5.88 Å². The van der Waals surface area contributed by atoms with Crippen molar-refractivity contribution < 1.29 is 13.9 Å². The van der Waals surface area contributed by atoms with E-state index in [-0.39, 0.29) is 0 Å². The molecule has 4 aromatic rings. The predicted molar refractivity (Wildman–Crippen MR) is 120 cm³/mol. The molecule has 1 fully saturated rings. The summed E-state index contributed by atoms with van der Waals surface area (Å²) in [6.45, 7) is 4.08. The molecule has 0 bridgehead atoms. The maximum Gasteiger partial charge on any atom is 0.212 e. The van der Waals surface area contributed by atoms with E-state index in [1.54, 1.807) is 19.5 Å². The molecule has 5 rings (SSSR count). The van der Waals surface area contributed by atoms with E-state index in [0.717, 1.165) is 45.8 Å². The van der Waals surface area contributed by atoms with Crippen LogP contribution in [-0.2, 0) is 0 Å². The Morgan fingerprint density at radius 1 is 0.968 bits per heavy atom. The molecule has 0 aliphatic carbocycles.